The molecule has 0 radical (unpaired) electrons. The van der Waals surface area contributed by atoms with Gasteiger partial charge in [-0.1, -0.05) is 6.92 Å². The summed E-state index contributed by atoms with van der Waals surface area (Å²) >= 11 is 0. The maximum Gasteiger partial charge on any atom is 0.287 e. The molecule has 0 aliphatic heterocycles. The Morgan fingerprint density at radius 2 is 2.25 bits per heavy atom. The predicted molar refractivity (Wildman–Crippen MR) is 73.4 cm³/mol. The van der Waals surface area contributed by atoms with Crippen molar-refractivity contribution in [3.05, 3.63) is 51.8 Å². The minimum atomic E-state index is -0.404. The summed E-state index contributed by atoms with van der Waals surface area (Å²) in [6.07, 6.45) is 2.39. The third-order valence-corrected chi connectivity index (χ3v) is 3.04. The van der Waals surface area contributed by atoms with Gasteiger partial charge in [0.1, 0.15) is 5.76 Å². The van der Waals surface area contributed by atoms with Crippen LogP contribution in [-0.2, 0) is 7.05 Å². The van der Waals surface area contributed by atoms with E-state index in [1.54, 1.807) is 17.8 Å². The quantitative estimate of drug-likeness (QED) is 0.918. The summed E-state index contributed by atoms with van der Waals surface area (Å²) in [5, 5.41) is 6.93. The van der Waals surface area contributed by atoms with Crippen molar-refractivity contribution in [3.8, 4) is 0 Å². The summed E-state index contributed by atoms with van der Waals surface area (Å²) in [5.74, 6) is 0.0331. The van der Waals surface area contributed by atoms with E-state index < -0.39 is 5.91 Å². The van der Waals surface area contributed by atoms with Gasteiger partial charge in [-0.05, 0) is 19.4 Å². The maximum absolute atomic E-state index is 12.2. The van der Waals surface area contributed by atoms with E-state index in [0.717, 1.165) is 5.69 Å². The molecular formula is C14H17N3O3. The molecule has 0 saturated carbocycles. The zero-order valence-electron chi connectivity index (χ0n) is 11.7. The fourth-order valence-electron chi connectivity index (χ4n) is 2.06. The highest BCUT2D eigenvalue weighted by Crippen LogP contribution is 2.16. The van der Waals surface area contributed by atoms with Crippen LogP contribution in [0.1, 0.15) is 41.4 Å². The molecule has 2 aromatic rings. The van der Waals surface area contributed by atoms with E-state index in [1.165, 1.54) is 12.1 Å². The van der Waals surface area contributed by atoms with E-state index in [9.17, 15) is 9.59 Å². The van der Waals surface area contributed by atoms with Gasteiger partial charge in [-0.2, -0.15) is 5.10 Å². The van der Waals surface area contributed by atoms with Gasteiger partial charge < -0.3 is 9.73 Å². The molecule has 2 aromatic heterocycles. The molecule has 0 aliphatic carbocycles. The van der Waals surface area contributed by atoms with Gasteiger partial charge >= 0.3 is 0 Å². The summed E-state index contributed by atoms with van der Waals surface area (Å²) in [6, 6.07) is 4.20. The van der Waals surface area contributed by atoms with Crippen LogP contribution in [0.5, 0.6) is 0 Å². The van der Waals surface area contributed by atoms with Crippen LogP contribution in [0.2, 0.25) is 0 Å². The molecule has 0 fully saturated rings. The molecule has 0 unspecified atom stereocenters. The second-order valence-corrected chi connectivity index (χ2v) is 4.58. The molecule has 1 atom stereocenters. The average Bonchev–Trinajstić information content (AvgIpc) is 2.80. The number of nitrogens with zero attached hydrogens (tertiary/aromatic N) is 2. The Bertz CT molecular complexity index is 672. The molecule has 106 valence electrons. The van der Waals surface area contributed by atoms with Crippen LogP contribution < -0.4 is 10.7 Å². The fraction of sp³-hybridized carbons (Fsp3) is 0.357. The molecule has 0 saturated heterocycles. The van der Waals surface area contributed by atoms with Crippen LogP contribution in [-0.4, -0.2) is 15.7 Å². The van der Waals surface area contributed by atoms with Gasteiger partial charge in [-0.25, -0.2) is 0 Å². The number of aromatic nitrogens is 2. The first-order valence-electron chi connectivity index (χ1n) is 6.41. The van der Waals surface area contributed by atoms with Crippen LogP contribution >= 0.6 is 0 Å². The molecule has 0 spiro atoms. The molecule has 1 amide bonds. The van der Waals surface area contributed by atoms with Crippen molar-refractivity contribution in [1.29, 1.82) is 0 Å². The Kier molecular flexibility index (Phi) is 4.02. The zero-order chi connectivity index (χ0) is 14.7. The first kappa shape index (κ1) is 14.0. The van der Waals surface area contributed by atoms with E-state index in [4.69, 9.17) is 4.42 Å². The van der Waals surface area contributed by atoms with Crippen molar-refractivity contribution in [2.45, 2.75) is 26.3 Å². The van der Waals surface area contributed by atoms with Gasteiger partial charge in [0.05, 0.1) is 11.7 Å². The van der Waals surface area contributed by atoms with Gasteiger partial charge in [0.15, 0.2) is 11.2 Å². The molecule has 2 rings (SSSR count). The molecule has 0 aliphatic rings. The topological polar surface area (TPSA) is 77.1 Å². The highest BCUT2D eigenvalue weighted by molar-refractivity contribution is 5.91. The minimum Gasteiger partial charge on any atom is -0.456 e. The summed E-state index contributed by atoms with van der Waals surface area (Å²) in [6.45, 7) is 3.60. The van der Waals surface area contributed by atoms with E-state index in [2.05, 4.69) is 10.4 Å². The summed E-state index contributed by atoms with van der Waals surface area (Å²) in [5.41, 5.74) is 0.656. The lowest BCUT2D eigenvalue weighted by atomic mass is 10.1. The second kappa shape index (κ2) is 5.73. The Morgan fingerprint density at radius 1 is 1.50 bits per heavy atom. The first-order chi connectivity index (χ1) is 9.51. The standard InChI is InChI=1S/C14H17N3O3/c1-4-11(12-5-6-15-17(12)3)16-14(19)13-8-10(18)7-9(2)20-13/h5-8,11H,4H2,1-3H3,(H,16,19)/t11-/m0/s1. The van der Waals surface area contributed by atoms with Gasteiger partial charge in [0.25, 0.3) is 5.91 Å². The van der Waals surface area contributed by atoms with Gasteiger partial charge in [0.2, 0.25) is 0 Å². The number of aryl methyl sites for hydroxylation is 2. The minimum absolute atomic E-state index is 0.0237. The van der Waals surface area contributed by atoms with Crippen molar-refractivity contribution in [1.82, 2.24) is 15.1 Å². The van der Waals surface area contributed by atoms with E-state index >= 15 is 0 Å². The van der Waals surface area contributed by atoms with Crippen molar-refractivity contribution >= 4 is 5.91 Å². The normalized spacial score (nSPS) is 12.2. The van der Waals surface area contributed by atoms with Crippen molar-refractivity contribution in [2.24, 2.45) is 7.05 Å². The molecular weight excluding hydrogens is 258 g/mol. The smallest absolute Gasteiger partial charge is 0.287 e. The van der Waals surface area contributed by atoms with E-state index in [0.29, 0.717) is 12.2 Å². The number of amides is 1. The monoisotopic (exact) mass is 275 g/mol. The maximum atomic E-state index is 12.2. The molecule has 20 heavy (non-hydrogen) atoms. The van der Waals surface area contributed by atoms with Crippen LogP contribution in [0.3, 0.4) is 0 Å². The third kappa shape index (κ3) is 2.96. The van der Waals surface area contributed by atoms with Crippen molar-refractivity contribution in [2.75, 3.05) is 0 Å². The highest BCUT2D eigenvalue weighted by atomic mass is 16.3. The molecule has 6 nitrogen and oxygen atoms in total. The SMILES string of the molecule is CC[C@H](NC(=O)c1cc(=O)cc(C)o1)c1ccnn1C. The Hall–Kier alpha value is -2.37. The summed E-state index contributed by atoms with van der Waals surface area (Å²) < 4.78 is 6.99. The van der Waals surface area contributed by atoms with Crippen LogP contribution in [0.4, 0.5) is 0 Å². The Labute approximate surface area is 116 Å². The number of hydrogen-bond acceptors (Lipinski definition) is 4. The lowest BCUT2D eigenvalue weighted by Crippen LogP contribution is -2.30. The predicted octanol–water partition coefficient (Wildman–Crippen LogP) is 1.56. The largest absolute Gasteiger partial charge is 0.456 e. The molecule has 1 N–H and O–H groups in total. The fourth-order valence-corrected chi connectivity index (χ4v) is 2.06. The van der Waals surface area contributed by atoms with Crippen LogP contribution in [0.15, 0.2) is 33.6 Å². The first-order valence-corrected chi connectivity index (χ1v) is 6.41. The lowest BCUT2D eigenvalue weighted by molar-refractivity contribution is 0.0901. The van der Waals surface area contributed by atoms with E-state index in [1.807, 2.05) is 20.0 Å². The number of hydrogen-bond donors (Lipinski definition) is 1. The van der Waals surface area contributed by atoms with Crippen molar-refractivity contribution < 1.29 is 9.21 Å². The van der Waals surface area contributed by atoms with Gasteiger partial charge in [-0.15, -0.1) is 0 Å². The lowest BCUT2D eigenvalue weighted by Gasteiger charge is -2.16. The summed E-state index contributed by atoms with van der Waals surface area (Å²) in [4.78, 5) is 23.6. The highest BCUT2D eigenvalue weighted by Gasteiger charge is 2.18. The van der Waals surface area contributed by atoms with Crippen molar-refractivity contribution in [3.63, 3.8) is 0 Å². The summed E-state index contributed by atoms with van der Waals surface area (Å²) in [7, 11) is 1.82. The van der Waals surface area contributed by atoms with Gasteiger partial charge in [-0.3, -0.25) is 14.3 Å². The number of carbonyl (C=O) groups excluding carboxylic acids is 1. The van der Waals surface area contributed by atoms with E-state index in [-0.39, 0.29) is 17.2 Å². The third-order valence-electron chi connectivity index (χ3n) is 3.04. The molecule has 0 bridgehead atoms. The average molecular weight is 275 g/mol. The van der Waals surface area contributed by atoms with Crippen LogP contribution in [0.25, 0.3) is 0 Å². The zero-order valence-corrected chi connectivity index (χ0v) is 11.7. The van der Waals surface area contributed by atoms with Gasteiger partial charge in [0, 0.05) is 25.4 Å². The second-order valence-electron chi connectivity index (χ2n) is 4.58. The Balaban J connectivity index is 2.21. The number of carbonyl (C=O) groups is 1. The molecule has 0 aromatic carbocycles. The molecule has 2 heterocycles. The number of rotatable bonds is 4. The Morgan fingerprint density at radius 3 is 2.80 bits per heavy atom. The van der Waals surface area contributed by atoms with Crippen LogP contribution in [0, 0.1) is 6.92 Å². The molecule has 6 heteroatoms. The number of nitrogens with one attached hydrogen (secondary N) is 1.